The lowest BCUT2D eigenvalue weighted by Crippen LogP contribution is -2.50. The summed E-state index contributed by atoms with van der Waals surface area (Å²) < 4.78 is 5.36. The lowest BCUT2D eigenvalue weighted by Gasteiger charge is -2.37. The molecule has 0 radical (unpaired) electrons. The van der Waals surface area contributed by atoms with Crippen LogP contribution in [0.3, 0.4) is 0 Å². The van der Waals surface area contributed by atoms with Crippen LogP contribution in [-0.2, 0) is 20.7 Å². The maximum Gasteiger partial charge on any atom is 0.241 e. The second-order valence-corrected chi connectivity index (χ2v) is 8.29. The van der Waals surface area contributed by atoms with Crippen LogP contribution in [0.5, 0.6) is 0 Å². The first-order chi connectivity index (χ1) is 13.6. The summed E-state index contributed by atoms with van der Waals surface area (Å²) in [6, 6.07) is 6.37. The Morgan fingerprint density at radius 3 is 2.75 bits per heavy atom. The lowest BCUT2D eigenvalue weighted by molar-refractivity contribution is -0.142. The van der Waals surface area contributed by atoms with E-state index in [-0.39, 0.29) is 17.7 Å². The zero-order valence-corrected chi connectivity index (χ0v) is 16.9. The second-order valence-electron chi connectivity index (χ2n) is 8.29. The molecule has 6 heteroatoms. The minimum atomic E-state index is 0.0101. The number of piperidine rings is 1. The zero-order valence-electron chi connectivity index (χ0n) is 16.9. The molecular formula is C22H31N3O3. The predicted octanol–water partition coefficient (Wildman–Crippen LogP) is 1.85. The Balaban J connectivity index is 1.38. The van der Waals surface area contributed by atoms with Gasteiger partial charge in [0.05, 0.1) is 25.7 Å². The molecule has 152 valence electrons. The van der Waals surface area contributed by atoms with Crippen molar-refractivity contribution in [2.45, 2.75) is 32.6 Å². The molecule has 3 aliphatic heterocycles. The lowest BCUT2D eigenvalue weighted by atomic mass is 9.96. The molecule has 28 heavy (non-hydrogen) atoms. The Hall–Kier alpha value is -1.92. The topological polar surface area (TPSA) is 53.1 Å². The van der Waals surface area contributed by atoms with Crippen LogP contribution in [0.1, 0.15) is 30.4 Å². The summed E-state index contributed by atoms with van der Waals surface area (Å²) in [5, 5.41) is 0. The number of likely N-dealkylation sites (tertiary alicyclic amines) is 1. The van der Waals surface area contributed by atoms with E-state index in [1.807, 2.05) is 9.80 Å². The van der Waals surface area contributed by atoms with E-state index in [1.54, 1.807) is 0 Å². The number of aryl methyl sites for hydroxylation is 2. The van der Waals surface area contributed by atoms with E-state index in [0.29, 0.717) is 39.4 Å². The fourth-order valence-electron chi connectivity index (χ4n) is 4.70. The molecule has 0 aliphatic carbocycles. The fraction of sp³-hybridized carbons (Fsp3) is 0.636. The molecule has 0 bridgehead atoms. The van der Waals surface area contributed by atoms with E-state index in [0.717, 1.165) is 44.5 Å². The maximum atomic E-state index is 13.1. The summed E-state index contributed by atoms with van der Waals surface area (Å²) >= 11 is 0. The average molecular weight is 386 g/mol. The predicted molar refractivity (Wildman–Crippen MR) is 108 cm³/mol. The molecule has 6 nitrogen and oxygen atoms in total. The van der Waals surface area contributed by atoms with Gasteiger partial charge in [0, 0.05) is 31.9 Å². The van der Waals surface area contributed by atoms with Gasteiger partial charge in [-0.15, -0.1) is 0 Å². The van der Waals surface area contributed by atoms with E-state index in [4.69, 9.17) is 4.74 Å². The maximum absolute atomic E-state index is 13.1. The van der Waals surface area contributed by atoms with Crippen LogP contribution >= 0.6 is 0 Å². The number of fused-ring (bicyclic) bond motifs is 1. The van der Waals surface area contributed by atoms with Crippen molar-refractivity contribution >= 4 is 17.5 Å². The number of ether oxygens (including phenoxy) is 1. The van der Waals surface area contributed by atoms with Crippen molar-refractivity contribution in [1.82, 2.24) is 9.80 Å². The Bertz CT molecular complexity index is 730. The third kappa shape index (κ3) is 4.23. The van der Waals surface area contributed by atoms with Gasteiger partial charge in [-0.3, -0.25) is 14.5 Å². The van der Waals surface area contributed by atoms with Crippen molar-refractivity contribution in [3.63, 3.8) is 0 Å². The van der Waals surface area contributed by atoms with Crippen LogP contribution < -0.4 is 4.90 Å². The van der Waals surface area contributed by atoms with Gasteiger partial charge in [0.1, 0.15) is 0 Å². The average Bonchev–Trinajstić information content (AvgIpc) is 2.73. The number of hydrogen-bond acceptors (Lipinski definition) is 4. The van der Waals surface area contributed by atoms with Gasteiger partial charge in [-0.1, -0.05) is 17.7 Å². The standard InChI is InChI=1S/C22H31N3O3/c1-17-6-7-20-18(14-17)4-3-9-25(20)21(26)16-23-8-2-5-19(15-23)22(27)24-10-12-28-13-11-24/h6-7,14,19H,2-5,8-13,15-16H2,1H3. The SMILES string of the molecule is Cc1ccc2c(c1)CCCN2C(=O)CN1CCCC(C(=O)N2CCOCC2)C1. The first kappa shape index (κ1) is 19.4. The number of benzene rings is 1. The van der Waals surface area contributed by atoms with Crippen LogP contribution in [0.25, 0.3) is 0 Å². The van der Waals surface area contributed by atoms with E-state index in [2.05, 4.69) is 30.0 Å². The Morgan fingerprint density at radius 2 is 1.93 bits per heavy atom. The van der Waals surface area contributed by atoms with Gasteiger partial charge in [-0.05, 0) is 50.8 Å². The van der Waals surface area contributed by atoms with Crippen LogP contribution in [0.2, 0.25) is 0 Å². The van der Waals surface area contributed by atoms with Gasteiger partial charge in [-0.25, -0.2) is 0 Å². The van der Waals surface area contributed by atoms with Crippen molar-refractivity contribution in [3.8, 4) is 0 Å². The van der Waals surface area contributed by atoms with Crippen LogP contribution in [0.15, 0.2) is 18.2 Å². The molecule has 0 saturated carbocycles. The fourth-order valence-corrected chi connectivity index (χ4v) is 4.70. The number of carbonyl (C=O) groups excluding carboxylic acids is 2. The molecule has 2 saturated heterocycles. The monoisotopic (exact) mass is 385 g/mol. The smallest absolute Gasteiger partial charge is 0.241 e. The highest BCUT2D eigenvalue weighted by atomic mass is 16.5. The number of carbonyl (C=O) groups is 2. The molecule has 1 unspecified atom stereocenters. The Kier molecular flexibility index (Phi) is 5.97. The van der Waals surface area contributed by atoms with Crippen molar-refractivity contribution < 1.29 is 14.3 Å². The third-order valence-electron chi connectivity index (χ3n) is 6.19. The highest BCUT2D eigenvalue weighted by Crippen LogP contribution is 2.28. The summed E-state index contributed by atoms with van der Waals surface area (Å²) in [5.41, 5.74) is 3.59. The Morgan fingerprint density at radius 1 is 1.11 bits per heavy atom. The van der Waals surface area contributed by atoms with Gasteiger partial charge < -0.3 is 14.5 Å². The zero-order chi connectivity index (χ0) is 19.5. The van der Waals surface area contributed by atoms with Crippen LogP contribution in [0, 0.1) is 12.8 Å². The molecule has 1 atom stereocenters. The highest BCUT2D eigenvalue weighted by molar-refractivity contribution is 5.96. The van der Waals surface area contributed by atoms with E-state index < -0.39 is 0 Å². The van der Waals surface area contributed by atoms with Gasteiger partial charge in [0.25, 0.3) is 0 Å². The van der Waals surface area contributed by atoms with E-state index in [9.17, 15) is 9.59 Å². The number of morpholine rings is 1. The number of rotatable bonds is 3. The van der Waals surface area contributed by atoms with Crippen molar-refractivity contribution in [2.24, 2.45) is 5.92 Å². The molecule has 0 N–H and O–H groups in total. The molecular weight excluding hydrogens is 354 g/mol. The summed E-state index contributed by atoms with van der Waals surface area (Å²) in [4.78, 5) is 32.0. The molecule has 0 aromatic heterocycles. The minimum absolute atomic E-state index is 0.0101. The highest BCUT2D eigenvalue weighted by Gasteiger charge is 2.32. The molecule has 3 aliphatic rings. The number of amides is 2. The van der Waals surface area contributed by atoms with Gasteiger partial charge in [0.15, 0.2) is 0 Å². The molecule has 4 rings (SSSR count). The molecule has 2 fully saturated rings. The number of nitrogens with zero attached hydrogens (tertiary/aromatic N) is 3. The minimum Gasteiger partial charge on any atom is -0.378 e. The molecule has 1 aromatic rings. The van der Waals surface area contributed by atoms with Crippen molar-refractivity contribution in [3.05, 3.63) is 29.3 Å². The first-order valence-electron chi connectivity index (χ1n) is 10.6. The van der Waals surface area contributed by atoms with E-state index in [1.165, 1.54) is 11.1 Å². The molecule has 3 heterocycles. The largest absolute Gasteiger partial charge is 0.378 e. The quantitative estimate of drug-likeness (QED) is 0.797. The molecule has 2 amide bonds. The van der Waals surface area contributed by atoms with Gasteiger partial charge in [0.2, 0.25) is 11.8 Å². The van der Waals surface area contributed by atoms with Crippen LogP contribution in [-0.4, -0.2) is 74.1 Å². The first-order valence-corrected chi connectivity index (χ1v) is 10.6. The summed E-state index contributed by atoms with van der Waals surface area (Å²) in [7, 11) is 0. The van der Waals surface area contributed by atoms with E-state index >= 15 is 0 Å². The van der Waals surface area contributed by atoms with Gasteiger partial charge >= 0.3 is 0 Å². The second kappa shape index (κ2) is 8.62. The van der Waals surface area contributed by atoms with Crippen molar-refractivity contribution in [2.75, 3.05) is 57.4 Å². The number of anilines is 1. The normalized spacial score (nSPS) is 23.4. The van der Waals surface area contributed by atoms with Crippen LogP contribution in [0.4, 0.5) is 5.69 Å². The Labute approximate surface area is 167 Å². The van der Waals surface area contributed by atoms with Crippen molar-refractivity contribution in [1.29, 1.82) is 0 Å². The molecule has 1 aromatic carbocycles. The van der Waals surface area contributed by atoms with Gasteiger partial charge in [-0.2, -0.15) is 0 Å². The number of hydrogen-bond donors (Lipinski definition) is 0. The summed E-state index contributed by atoms with van der Waals surface area (Å²) in [6.07, 6.45) is 3.96. The summed E-state index contributed by atoms with van der Waals surface area (Å²) in [5.74, 6) is 0.402. The summed E-state index contributed by atoms with van der Waals surface area (Å²) in [6.45, 7) is 7.53. The third-order valence-corrected chi connectivity index (χ3v) is 6.19. The molecule has 0 spiro atoms.